The van der Waals surface area contributed by atoms with Crippen LogP contribution in [0.2, 0.25) is 0 Å². The summed E-state index contributed by atoms with van der Waals surface area (Å²) in [5.41, 5.74) is 3.22. The number of hydrogen-bond acceptors (Lipinski definition) is 6. The van der Waals surface area contributed by atoms with Gasteiger partial charge in [-0.1, -0.05) is 48.5 Å². The highest BCUT2D eigenvalue weighted by Crippen LogP contribution is 2.30. The van der Waals surface area contributed by atoms with Crippen LogP contribution < -0.4 is 20.7 Å². The van der Waals surface area contributed by atoms with E-state index in [1.807, 2.05) is 73.7 Å². The molecule has 0 saturated heterocycles. The smallest absolute Gasteiger partial charge is 0.259 e. The van der Waals surface area contributed by atoms with Crippen molar-refractivity contribution in [1.29, 1.82) is 0 Å². The van der Waals surface area contributed by atoms with E-state index in [4.69, 9.17) is 4.74 Å². The lowest BCUT2D eigenvalue weighted by Gasteiger charge is -2.17. The largest absolute Gasteiger partial charge is 0.496 e. The van der Waals surface area contributed by atoms with E-state index in [0.29, 0.717) is 34.5 Å². The third-order valence-electron chi connectivity index (χ3n) is 4.75. The first-order valence-electron chi connectivity index (χ1n) is 10.1. The topological polar surface area (TPSA) is 88.2 Å². The molecular formula is C25H23N5O2. The van der Waals surface area contributed by atoms with E-state index < -0.39 is 0 Å². The van der Waals surface area contributed by atoms with E-state index in [0.717, 1.165) is 11.4 Å². The van der Waals surface area contributed by atoms with Crippen LogP contribution >= 0.6 is 0 Å². The highest BCUT2D eigenvalue weighted by molar-refractivity contribution is 6.08. The molecule has 3 N–H and O–H groups in total. The van der Waals surface area contributed by atoms with Gasteiger partial charge in [0.15, 0.2) is 5.82 Å². The molecule has 4 aromatic rings. The number of methoxy groups -OCH3 is 1. The maximum atomic E-state index is 13.0. The fourth-order valence-corrected chi connectivity index (χ4v) is 3.19. The molecule has 0 atom stereocenters. The van der Waals surface area contributed by atoms with E-state index in [-0.39, 0.29) is 5.91 Å². The number of amides is 1. The summed E-state index contributed by atoms with van der Waals surface area (Å²) in [5, 5.41) is 9.44. The third kappa shape index (κ3) is 4.84. The summed E-state index contributed by atoms with van der Waals surface area (Å²) in [4.78, 5) is 22.2. The summed E-state index contributed by atoms with van der Waals surface area (Å²) in [5.74, 6) is 1.07. The Morgan fingerprint density at radius 1 is 0.781 bits per heavy atom. The predicted molar refractivity (Wildman–Crippen MR) is 127 cm³/mol. The number of hydrogen-bond donors (Lipinski definition) is 3. The molecule has 1 amide bonds. The molecule has 0 aliphatic rings. The van der Waals surface area contributed by atoms with Crippen LogP contribution in [0.3, 0.4) is 0 Å². The van der Waals surface area contributed by atoms with Gasteiger partial charge in [0, 0.05) is 11.4 Å². The van der Waals surface area contributed by atoms with Crippen molar-refractivity contribution in [2.24, 2.45) is 0 Å². The zero-order chi connectivity index (χ0) is 22.3. The van der Waals surface area contributed by atoms with Gasteiger partial charge in [-0.05, 0) is 43.3 Å². The van der Waals surface area contributed by atoms with Crippen molar-refractivity contribution in [2.45, 2.75) is 6.92 Å². The number of aryl methyl sites for hydroxylation is 1. The maximum absolute atomic E-state index is 13.0. The molecule has 1 aromatic heterocycles. The van der Waals surface area contributed by atoms with Crippen LogP contribution in [0.4, 0.5) is 28.8 Å². The van der Waals surface area contributed by atoms with Gasteiger partial charge >= 0.3 is 0 Å². The Balaban J connectivity index is 1.70. The molecule has 0 saturated carbocycles. The number of para-hydroxylation sites is 3. The summed E-state index contributed by atoms with van der Waals surface area (Å²) in [6.45, 7) is 1.83. The summed E-state index contributed by atoms with van der Waals surface area (Å²) < 4.78 is 5.33. The fourth-order valence-electron chi connectivity index (χ4n) is 3.19. The van der Waals surface area contributed by atoms with Crippen molar-refractivity contribution in [1.82, 2.24) is 9.97 Å². The number of anilines is 5. The number of carbonyl (C=O) groups is 1. The van der Waals surface area contributed by atoms with Crippen LogP contribution in [0.15, 0.2) is 84.9 Å². The van der Waals surface area contributed by atoms with Gasteiger partial charge in [-0.2, -0.15) is 4.98 Å². The summed E-state index contributed by atoms with van der Waals surface area (Å²) in [6.07, 6.45) is 0. The van der Waals surface area contributed by atoms with Gasteiger partial charge < -0.3 is 20.7 Å². The molecule has 4 rings (SSSR count). The first-order valence-corrected chi connectivity index (χ1v) is 10.1. The normalized spacial score (nSPS) is 10.3. The Bertz CT molecular complexity index is 1210. The fraction of sp³-hybridized carbons (Fsp3) is 0.0800. The van der Waals surface area contributed by atoms with Gasteiger partial charge in [-0.3, -0.25) is 4.79 Å². The Labute approximate surface area is 186 Å². The van der Waals surface area contributed by atoms with Crippen molar-refractivity contribution in [3.63, 3.8) is 0 Å². The number of nitrogens with one attached hydrogen (secondary N) is 3. The second-order valence-corrected chi connectivity index (χ2v) is 6.99. The lowest BCUT2D eigenvalue weighted by atomic mass is 10.2. The highest BCUT2D eigenvalue weighted by atomic mass is 16.5. The predicted octanol–water partition coefficient (Wildman–Crippen LogP) is 5.53. The first-order chi connectivity index (χ1) is 15.6. The van der Waals surface area contributed by atoms with Crippen molar-refractivity contribution in [3.8, 4) is 5.75 Å². The van der Waals surface area contributed by atoms with Gasteiger partial charge in [0.2, 0.25) is 5.95 Å². The molecule has 0 aliphatic heterocycles. The van der Waals surface area contributed by atoms with Gasteiger partial charge in [-0.15, -0.1) is 0 Å². The zero-order valence-electron chi connectivity index (χ0n) is 17.8. The zero-order valence-corrected chi connectivity index (χ0v) is 17.8. The molecule has 1 heterocycles. The monoisotopic (exact) mass is 425 g/mol. The number of ether oxygens (including phenoxy) is 1. The Hall–Kier alpha value is -4.39. The van der Waals surface area contributed by atoms with Gasteiger partial charge in [0.25, 0.3) is 5.91 Å². The first kappa shape index (κ1) is 20.9. The molecule has 7 heteroatoms. The second kappa shape index (κ2) is 9.61. The molecule has 0 bridgehead atoms. The molecule has 0 spiro atoms. The number of carbonyl (C=O) groups excluding carboxylic acids is 1. The van der Waals surface area contributed by atoms with Gasteiger partial charge in [-0.25, -0.2) is 4.98 Å². The number of aromatic nitrogens is 2. The van der Waals surface area contributed by atoms with Crippen molar-refractivity contribution < 1.29 is 9.53 Å². The van der Waals surface area contributed by atoms with Crippen LogP contribution in [0.5, 0.6) is 5.75 Å². The Morgan fingerprint density at radius 3 is 2.03 bits per heavy atom. The minimum Gasteiger partial charge on any atom is -0.496 e. The minimum atomic E-state index is -0.311. The van der Waals surface area contributed by atoms with Gasteiger partial charge in [0.1, 0.15) is 11.4 Å². The lowest BCUT2D eigenvalue weighted by Crippen LogP contribution is -2.17. The van der Waals surface area contributed by atoms with E-state index in [1.165, 1.54) is 7.11 Å². The molecule has 0 aliphatic carbocycles. The Morgan fingerprint density at radius 2 is 1.38 bits per heavy atom. The van der Waals surface area contributed by atoms with E-state index >= 15 is 0 Å². The van der Waals surface area contributed by atoms with Crippen LogP contribution in [0.25, 0.3) is 0 Å². The van der Waals surface area contributed by atoms with E-state index in [2.05, 4.69) is 25.9 Å². The summed E-state index contributed by atoms with van der Waals surface area (Å²) in [7, 11) is 1.53. The molecule has 3 aromatic carbocycles. The average molecular weight is 425 g/mol. The van der Waals surface area contributed by atoms with Crippen LogP contribution in [0.1, 0.15) is 16.1 Å². The minimum absolute atomic E-state index is 0.311. The quantitative estimate of drug-likeness (QED) is 0.361. The lowest BCUT2D eigenvalue weighted by molar-refractivity contribution is 0.102. The SMILES string of the molecule is COc1ccccc1C(=O)Nc1c(C)nc(Nc2ccccc2)nc1Nc1ccccc1. The number of nitrogens with zero attached hydrogens (tertiary/aromatic N) is 2. The summed E-state index contributed by atoms with van der Waals surface area (Å²) >= 11 is 0. The van der Waals surface area contributed by atoms with E-state index in [9.17, 15) is 4.79 Å². The van der Waals surface area contributed by atoms with Crippen LogP contribution in [0, 0.1) is 6.92 Å². The second-order valence-electron chi connectivity index (χ2n) is 6.99. The molecule has 0 fully saturated rings. The number of rotatable bonds is 7. The van der Waals surface area contributed by atoms with Crippen LogP contribution in [-0.2, 0) is 0 Å². The molecule has 7 nitrogen and oxygen atoms in total. The van der Waals surface area contributed by atoms with Crippen molar-refractivity contribution in [3.05, 3.63) is 96.2 Å². The Kier molecular flexibility index (Phi) is 6.27. The molecular weight excluding hydrogens is 402 g/mol. The molecule has 32 heavy (non-hydrogen) atoms. The number of benzene rings is 3. The maximum Gasteiger partial charge on any atom is 0.259 e. The van der Waals surface area contributed by atoms with Crippen molar-refractivity contribution in [2.75, 3.05) is 23.1 Å². The van der Waals surface area contributed by atoms with Gasteiger partial charge in [0.05, 0.1) is 18.4 Å². The molecule has 160 valence electrons. The third-order valence-corrected chi connectivity index (χ3v) is 4.75. The van der Waals surface area contributed by atoms with Crippen molar-refractivity contribution >= 4 is 34.7 Å². The van der Waals surface area contributed by atoms with E-state index in [1.54, 1.807) is 18.2 Å². The highest BCUT2D eigenvalue weighted by Gasteiger charge is 2.18. The molecule has 0 unspecified atom stereocenters. The molecule has 0 radical (unpaired) electrons. The standard InChI is InChI=1S/C25H23N5O2/c1-17-22(29-24(31)20-15-9-10-16-21(20)32-2)23(27-18-11-5-3-6-12-18)30-25(26-17)28-19-13-7-4-8-14-19/h3-16H,1-2H3,(H,29,31)(H2,26,27,28,30). The van der Waals surface area contributed by atoms with Crippen LogP contribution in [-0.4, -0.2) is 23.0 Å². The average Bonchev–Trinajstić information content (AvgIpc) is 2.82. The summed E-state index contributed by atoms with van der Waals surface area (Å²) in [6, 6.07) is 26.3.